The van der Waals surface area contributed by atoms with Gasteiger partial charge < -0.3 is 9.47 Å². The molecule has 6 heteroatoms. The van der Waals surface area contributed by atoms with Gasteiger partial charge in [0, 0.05) is 18.6 Å². The van der Waals surface area contributed by atoms with E-state index in [0.29, 0.717) is 13.0 Å². The Morgan fingerprint density at radius 3 is 2.33 bits per heavy atom. The Morgan fingerprint density at radius 2 is 1.83 bits per heavy atom. The first kappa shape index (κ1) is 13.1. The van der Waals surface area contributed by atoms with Crippen LogP contribution in [0.25, 0.3) is 0 Å². The fraction of sp³-hybridized carbons (Fsp3) is 0.500. The topological polar surface area (TPSA) is 18.5 Å². The van der Waals surface area contributed by atoms with E-state index in [1.807, 2.05) is 0 Å². The molecule has 0 spiro atoms. The van der Waals surface area contributed by atoms with Crippen LogP contribution in [0.3, 0.4) is 0 Å². The van der Waals surface area contributed by atoms with E-state index < -0.39 is 29.9 Å². The van der Waals surface area contributed by atoms with Crippen LogP contribution in [0.2, 0.25) is 0 Å². The van der Waals surface area contributed by atoms with Gasteiger partial charge in [-0.2, -0.15) is 0 Å². The zero-order valence-electron chi connectivity index (χ0n) is 9.47. The van der Waals surface area contributed by atoms with Crippen LogP contribution in [0, 0.1) is 11.6 Å². The van der Waals surface area contributed by atoms with E-state index in [0.717, 1.165) is 25.0 Å². The molecule has 100 valence electrons. The number of ether oxygens (including phenoxy) is 2. The Kier molecular flexibility index (Phi) is 4.06. The van der Waals surface area contributed by atoms with Gasteiger partial charge in [0.25, 0.3) is 6.43 Å². The monoisotopic (exact) mass is 264 g/mol. The molecule has 0 bridgehead atoms. The summed E-state index contributed by atoms with van der Waals surface area (Å²) < 4.78 is 61.6. The summed E-state index contributed by atoms with van der Waals surface area (Å²) in [5, 5.41) is 0. The summed E-state index contributed by atoms with van der Waals surface area (Å²) in [6.07, 6.45) is -1.35. The minimum absolute atomic E-state index is 0.138. The largest absolute Gasteiger partial charge is 0.465 e. The summed E-state index contributed by atoms with van der Waals surface area (Å²) in [4.78, 5) is 0. The lowest BCUT2D eigenvalue weighted by Crippen LogP contribution is -2.25. The molecule has 1 aromatic carbocycles. The van der Waals surface area contributed by atoms with Crippen molar-refractivity contribution in [2.75, 3.05) is 6.61 Å². The Morgan fingerprint density at radius 1 is 1.17 bits per heavy atom. The summed E-state index contributed by atoms with van der Waals surface area (Å²) in [6, 6.07) is 1.51. The van der Waals surface area contributed by atoms with Gasteiger partial charge in [0.15, 0.2) is 6.29 Å². The van der Waals surface area contributed by atoms with Gasteiger partial charge in [0.2, 0.25) is 0 Å². The molecule has 1 saturated heterocycles. The third-order valence-corrected chi connectivity index (χ3v) is 2.68. The van der Waals surface area contributed by atoms with Crippen molar-refractivity contribution in [1.29, 1.82) is 0 Å². The molecule has 0 radical (unpaired) electrons. The van der Waals surface area contributed by atoms with Gasteiger partial charge >= 0.3 is 0 Å². The molecule has 0 amide bonds. The first-order chi connectivity index (χ1) is 8.58. The molecule has 1 fully saturated rings. The molecule has 1 unspecified atom stereocenters. The number of hydrogen-bond acceptors (Lipinski definition) is 2. The van der Waals surface area contributed by atoms with Gasteiger partial charge in [0.05, 0.1) is 12.2 Å². The molecular weight excluding hydrogens is 252 g/mol. The predicted molar refractivity (Wildman–Crippen MR) is 55.5 cm³/mol. The van der Waals surface area contributed by atoms with Crippen LogP contribution in [-0.4, -0.2) is 12.9 Å². The molecular formula is C12H12F4O2. The Bertz CT molecular complexity index is 394. The maximum absolute atomic E-state index is 13.3. The molecule has 2 nitrogen and oxygen atoms in total. The molecule has 1 aliphatic rings. The lowest BCUT2D eigenvalue weighted by atomic mass is 10.2. The second kappa shape index (κ2) is 5.56. The van der Waals surface area contributed by atoms with E-state index in [1.54, 1.807) is 0 Å². The lowest BCUT2D eigenvalue weighted by molar-refractivity contribution is -0.106. The highest BCUT2D eigenvalue weighted by Gasteiger charge is 2.22. The lowest BCUT2D eigenvalue weighted by Gasteiger charge is -2.23. The van der Waals surface area contributed by atoms with Gasteiger partial charge in [0.1, 0.15) is 17.4 Å². The number of rotatable bonds is 3. The first-order valence-corrected chi connectivity index (χ1v) is 5.63. The Balaban J connectivity index is 2.14. The van der Waals surface area contributed by atoms with Crippen LogP contribution in [0.1, 0.15) is 31.3 Å². The quantitative estimate of drug-likeness (QED) is 0.773. The van der Waals surface area contributed by atoms with Crippen LogP contribution in [0.5, 0.6) is 5.75 Å². The fourth-order valence-electron chi connectivity index (χ4n) is 1.79. The van der Waals surface area contributed by atoms with E-state index in [1.165, 1.54) is 0 Å². The van der Waals surface area contributed by atoms with Crippen molar-refractivity contribution in [2.45, 2.75) is 32.0 Å². The number of alkyl halides is 2. The molecule has 1 atom stereocenters. The van der Waals surface area contributed by atoms with Crippen molar-refractivity contribution < 1.29 is 27.0 Å². The van der Waals surface area contributed by atoms with Crippen molar-refractivity contribution in [1.82, 2.24) is 0 Å². The summed E-state index contributed by atoms with van der Waals surface area (Å²) >= 11 is 0. The molecule has 0 aromatic heterocycles. The summed E-state index contributed by atoms with van der Waals surface area (Å²) in [7, 11) is 0. The second-order valence-electron chi connectivity index (χ2n) is 4.02. The predicted octanol–water partition coefficient (Wildman–Crippen LogP) is 3.81. The van der Waals surface area contributed by atoms with Crippen LogP contribution in [-0.2, 0) is 4.74 Å². The Hall–Kier alpha value is -1.30. The van der Waals surface area contributed by atoms with Crippen LogP contribution < -0.4 is 4.74 Å². The zero-order chi connectivity index (χ0) is 13.1. The number of hydrogen-bond donors (Lipinski definition) is 0. The summed E-state index contributed by atoms with van der Waals surface area (Å²) in [5.74, 6) is -2.76. The van der Waals surface area contributed by atoms with Crippen molar-refractivity contribution in [3.63, 3.8) is 0 Å². The van der Waals surface area contributed by atoms with Gasteiger partial charge in [-0.05, 0) is 12.8 Å². The third kappa shape index (κ3) is 2.93. The fourth-order valence-corrected chi connectivity index (χ4v) is 1.79. The highest BCUT2D eigenvalue weighted by molar-refractivity contribution is 5.31. The number of benzene rings is 1. The van der Waals surface area contributed by atoms with Gasteiger partial charge in [-0.15, -0.1) is 0 Å². The molecule has 1 aliphatic heterocycles. The maximum Gasteiger partial charge on any atom is 0.269 e. The average molecular weight is 264 g/mol. The highest BCUT2D eigenvalue weighted by Crippen LogP contribution is 2.29. The van der Waals surface area contributed by atoms with Crippen molar-refractivity contribution in [3.05, 3.63) is 29.3 Å². The van der Waals surface area contributed by atoms with E-state index >= 15 is 0 Å². The summed E-state index contributed by atoms with van der Waals surface area (Å²) in [6.45, 7) is 0.519. The maximum atomic E-state index is 13.3. The normalized spacial score (nSPS) is 20.2. The van der Waals surface area contributed by atoms with E-state index in [9.17, 15) is 17.6 Å². The smallest absolute Gasteiger partial charge is 0.269 e. The highest BCUT2D eigenvalue weighted by atomic mass is 19.3. The minimum atomic E-state index is -3.19. The molecule has 1 heterocycles. The van der Waals surface area contributed by atoms with E-state index in [-0.39, 0.29) is 5.75 Å². The minimum Gasteiger partial charge on any atom is -0.465 e. The molecule has 0 N–H and O–H groups in total. The second-order valence-corrected chi connectivity index (χ2v) is 4.02. The molecule has 0 aliphatic carbocycles. The summed E-state index contributed by atoms with van der Waals surface area (Å²) in [5.41, 5.74) is -1.23. The third-order valence-electron chi connectivity index (χ3n) is 2.68. The van der Waals surface area contributed by atoms with E-state index in [4.69, 9.17) is 9.47 Å². The molecule has 1 aromatic rings. The van der Waals surface area contributed by atoms with Crippen molar-refractivity contribution >= 4 is 0 Å². The van der Waals surface area contributed by atoms with Crippen molar-refractivity contribution in [2.24, 2.45) is 0 Å². The zero-order valence-corrected chi connectivity index (χ0v) is 9.47. The van der Waals surface area contributed by atoms with Gasteiger partial charge in [-0.1, -0.05) is 0 Å². The molecule has 18 heavy (non-hydrogen) atoms. The first-order valence-electron chi connectivity index (χ1n) is 5.63. The Labute approximate surface area is 102 Å². The standard InChI is InChI=1S/C12H12F4O2/c13-8-5-7(6-9(14)11(8)12(15)16)18-10-3-1-2-4-17-10/h5-6,10,12H,1-4H2. The number of halogens is 4. The van der Waals surface area contributed by atoms with Gasteiger partial charge in [-0.25, -0.2) is 17.6 Å². The molecule has 0 saturated carbocycles. The van der Waals surface area contributed by atoms with E-state index in [2.05, 4.69) is 0 Å². The van der Waals surface area contributed by atoms with Crippen LogP contribution in [0.4, 0.5) is 17.6 Å². The average Bonchev–Trinajstić information content (AvgIpc) is 2.28. The van der Waals surface area contributed by atoms with Crippen LogP contribution in [0.15, 0.2) is 12.1 Å². The van der Waals surface area contributed by atoms with Crippen LogP contribution >= 0.6 is 0 Å². The molecule has 2 rings (SSSR count). The van der Waals surface area contributed by atoms with Gasteiger partial charge in [-0.3, -0.25) is 0 Å². The SMILES string of the molecule is Fc1cc(OC2CCCCO2)cc(F)c1C(F)F. The van der Waals surface area contributed by atoms with Crippen molar-refractivity contribution in [3.8, 4) is 5.75 Å².